The number of rotatable bonds is 6. The van der Waals surface area contributed by atoms with E-state index in [0.717, 1.165) is 0 Å². The molecule has 1 rings (SSSR count). The second-order valence-corrected chi connectivity index (χ2v) is 5.02. The van der Waals surface area contributed by atoms with Crippen molar-refractivity contribution in [1.29, 1.82) is 0 Å². The molecule has 0 heterocycles. The highest BCUT2D eigenvalue weighted by Crippen LogP contribution is 2.22. The number of unbranched alkanes of at least 4 members (excludes halogenated alkanes) is 2. The predicted octanol–water partition coefficient (Wildman–Crippen LogP) is 3.74. The van der Waals surface area contributed by atoms with Gasteiger partial charge in [-0.25, -0.2) is 0 Å². The van der Waals surface area contributed by atoms with E-state index < -0.39 is 0 Å². The molecule has 0 aliphatic rings. The Morgan fingerprint density at radius 1 is 1.27 bits per heavy atom. The minimum Gasteiger partial charge on any atom is -0.326 e. The van der Waals surface area contributed by atoms with E-state index in [1.165, 1.54) is 41.0 Å². The zero-order chi connectivity index (χ0) is 11.1. The van der Waals surface area contributed by atoms with Crippen molar-refractivity contribution < 1.29 is 0 Å². The molecule has 1 aromatic rings. The highest BCUT2D eigenvalue weighted by Gasteiger charge is 1.98. The van der Waals surface area contributed by atoms with Gasteiger partial charge in [-0.05, 0) is 42.4 Å². The Bertz CT molecular complexity index is 297. The summed E-state index contributed by atoms with van der Waals surface area (Å²) < 4.78 is 0. The lowest BCUT2D eigenvalue weighted by atomic mass is 10.1. The normalized spacial score (nSPS) is 10.6. The van der Waals surface area contributed by atoms with E-state index in [2.05, 4.69) is 32.0 Å². The van der Waals surface area contributed by atoms with Crippen LogP contribution >= 0.6 is 11.8 Å². The second-order valence-electron chi connectivity index (χ2n) is 3.85. The smallest absolute Gasteiger partial charge is 0.0180 e. The molecule has 1 nitrogen and oxygen atoms in total. The number of benzene rings is 1. The average Bonchev–Trinajstić information content (AvgIpc) is 2.25. The van der Waals surface area contributed by atoms with Gasteiger partial charge in [0.1, 0.15) is 0 Å². The molecule has 0 aliphatic carbocycles. The van der Waals surface area contributed by atoms with Crippen LogP contribution in [0.2, 0.25) is 0 Å². The molecule has 0 saturated heterocycles. The van der Waals surface area contributed by atoms with E-state index in [1.54, 1.807) is 0 Å². The molecule has 0 fully saturated rings. The zero-order valence-electron chi connectivity index (χ0n) is 9.75. The first-order chi connectivity index (χ1) is 7.27. The van der Waals surface area contributed by atoms with Gasteiger partial charge >= 0.3 is 0 Å². The molecule has 0 saturated carbocycles. The van der Waals surface area contributed by atoms with Crippen LogP contribution in [0.5, 0.6) is 0 Å². The summed E-state index contributed by atoms with van der Waals surface area (Å²) in [6.45, 7) is 5.02. The number of thioether (sulfide) groups is 1. The molecule has 0 aliphatic heterocycles. The van der Waals surface area contributed by atoms with E-state index in [4.69, 9.17) is 5.73 Å². The average molecular weight is 223 g/mol. The molecule has 0 aromatic heterocycles. The van der Waals surface area contributed by atoms with Gasteiger partial charge in [0.05, 0.1) is 0 Å². The Hall–Kier alpha value is -0.470. The van der Waals surface area contributed by atoms with Crippen molar-refractivity contribution in [1.82, 2.24) is 0 Å². The van der Waals surface area contributed by atoms with Crippen LogP contribution in [0, 0.1) is 6.92 Å². The summed E-state index contributed by atoms with van der Waals surface area (Å²) in [5.41, 5.74) is 8.21. The maximum atomic E-state index is 5.63. The van der Waals surface area contributed by atoms with Gasteiger partial charge in [0.2, 0.25) is 0 Å². The summed E-state index contributed by atoms with van der Waals surface area (Å²) in [5.74, 6) is 1.23. The first-order valence-electron chi connectivity index (χ1n) is 5.70. The molecule has 0 radical (unpaired) electrons. The number of nitrogens with two attached hydrogens (primary N) is 1. The number of aryl methyl sites for hydroxylation is 1. The first kappa shape index (κ1) is 12.6. The lowest BCUT2D eigenvalue weighted by molar-refractivity contribution is 0.778. The first-order valence-corrected chi connectivity index (χ1v) is 6.69. The van der Waals surface area contributed by atoms with Crippen molar-refractivity contribution >= 4 is 11.8 Å². The molecular formula is C13H21NS. The van der Waals surface area contributed by atoms with Crippen LogP contribution in [0.25, 0.3) is 0 Å². The van der Waals surface area contributed by atoms with E-state index in [1.807, 2.05) is 11.8 Å². The van der Waals surface area contributed by atoms with E-state index in [9.17, 15) is 0 Å². The summed E-state index contributed by atoms with van der Waals surface area (Å²) in [6, 6.07) is 6.59. The molecule has 0 bridgehead atoms. The van der Waals surface area contributed by atoms with Crippen LogP contribution in [0.1, 0.15) is 37.3 Å². The minimum absolute atomic E-state index is 0.645. The fourth-order valence-corrected chi connectivity index (χ4v) is 2.54. The zero-order valence-corrected chi connectivity index (χ0v) is 10.6. The van der Waals surface area contributed by atoms with Crippen LogP contribution < -0.4 is 5.73 Å². The molecule has 0 atom stereocenters. The van der Waals surface area contributed by atoms with Crippen LogP contribution in [0.3, 0.4) is 0 Å². The van der Waals surface area contributed by atoms with Crippen molar-refractivity contribution in [3.63, 3.8) is 0 Å². The van der Waals surface area contributed by atoms with Gasteiger partial charge < -0.3 is 5.73 Å². The second kappa shape index (κ2) is 6.91. The molecule has 1 aromatic carbocycles. The Morgan fingerprint density at radius 3 is 2.67 bits per heavy atom. The topological polar surface area (TPSA) is 26.0 Å². The lowest BCUT2D eigenvalue weighted by Gasteiger charge is -2.06. The third kappa shape index (κ3) is 4.27. The summed E-state index contributed by atoms with van der Waals surface area (Å²) >= 11 is 1.95. The number of hydrogen-bond acceptors (Lipinski definition) is 2. The van der Waals surface area contributed by atoms with Gasteiger partial charge in [-0.2, -0.15) is 0 Å². The highest BCUT2D eigenvalue weighted by molar-refractivity contribution is 7.99. The fourth-order valence-electron chi connectivity index (χ4n) is 1.53. The van der Waals surface area contributed by atoms with E-state index in [-0.39, 0.29) is 0 Å². The SMILES string of the molecule is CCCCCSc1ccc(CN)c(C)c1. The number of hydrogen-bond donors (Lipinski definition) is 1. The Morgan fingerprint density at radius 2 is 2.07 bits per heavy atom. The summed E-state index contributed by atoms with van der Waals surface area (Å²) in [4.78, 5) is 1.38. The van der Waals surface area contributed by atoms with Crippen LogP contribution in [0.4, 0.5) is 0 Å². The van der Waals surface area contributed by atoms with Gasteiger partial charge in [-0.15, -0.1) is 11.8 Å². The predicted molar refractivity (Wildman–Crippen MR) is 69.3 cm³/mol. The lowest BCUT2D eigenvalue weighted by Crippen LogP contribution is -1.98. The molecule has 15 heavy (non-hydrogen) atoms. The standard InChI is InChI=1S/C13H21NS/c1-3-4-5-8-15-13-7-6-12(10-14)11(2)9-13/h6-7,9H,3-5,8,10,14H2,1-2H3. The summed E-state index contributed by atoms with van der Waals surface area (Å²) in [5, 5.41) is 0. The molecule has 0 unspecified atom stereocenters. The third-order valence-corrected chi connectivity index (χ3v) is 3.63. The monoisotopic (exact) mass is 223 g/mol. The largest absolute Gasteiger partial charge is 0.326 e. The molecule has 2 N–H and O–H groups in total. The Labute approximate surface area is 97.4 Å². The van der Waals surface area contributed by atoms with E-state index in [0.29, 0.717) is 6.54 Å². The van der Waals surface area contributed by atoms with Gasteiger partial charge in [0, 0.05) is 11.4 Å². The van der Waals surface area contributed by atoms with Gasteiger partial charge in [-0.1, -0.05) is 25.8 Å². The quantitative estimate of drug-likeness (QED) is 0.587. The molecule has 2 heteroatoms. The molecule has 0 amide bonds. The van der Waals surface area contributed by atoms with E-state index >= 15 is 0 Å². The van der Waals surface area contributed by atoms with Gasteiger partial charge in [-0.3, -0.25) is 0 Å². The molecule has 84 valence electrons. The van der Waals surface area contributed by atoms with Gasteiger partial charge in [0.15, 0.2) is 0 Å². The third-order valence-electron chi connectivity index (χ3n) is 2.55. The highest BCUT2D eigenvalue weighted by atomic mass is 32.2. The van der Waals surface area contributed by atoms with Crippen molar-refractivity contribution in [3.05, 3.63) is 29.3 Å². The van der Waals surface area contributed by atoms with Crippen molar-refractivity contribution in [2.24, 2.45) is 5.73 Å². The summed E-state index contributed by atoms with van der Waals surface area (Å²) in [7, 11) is 0. The molecule has 0 spiro atoms. The van der Waals surface area contributed by atoms with Crippen LogP contribution in [-0.4, -0.2) is 5.75 Å². The Kier molecular flexibility index (Phi) is 5.81. The maximum absolute atomic E-state index is 5.63. The van der Waals surface area contributed by atoms with Crippen LogP contribution in [0.15, 0.2) is 23.1 Å². The van der Waals surface area contributed by atoms with Gasteiger partial charge in [0.25, 0.3) is 0 Å². The van der Waals surface area contributed by atoms with Crippen LogP contribution in [-0.2, 0) is 6.54 Å². The fraction of sp³-hybridized carbons (Fsp3) is 0.538. The minimum atomic E-state index is 0.645. The molecular weight excluding hydrogens is 202 g/mol. The summed E-state index contributed by atoms with van der Waals surface area (Å²) in [6.07, 6.45) is 3.96. The van der Waals surface area contributed by atoms with Crippen molar-refractivity contribution in [2.75, 3.05) is 5.75 Å². The van der Waals surface area contributed by atoms with Crippen molar-refractivity contribution in [2.45, 2.75) is 44.6 Å². The van der Waals surface area contributed by atoms with Crippen molar-refractivity contribution in [3.8, 4) is 0 Å². The Balaban J connectivity index is 2.45. The maximum Gasteiger partial charge on any atom is 0.0180 e.